The minimum atomic E-state index is 0. The molecular weight excluding hydrogens is 382 g/mol. The Hall–Kier alpha value is 0.108. The van der Waals surface area contributed by atoms with Crippen molar-refractivity contribution < 1.29 is 26.5 Å². The summed E-state index contributed by atoms with van der Waals surface area (Å²) in [5.74, 6) is 0. The Morgan fingerprint density at radius 2 is 1.62 bits per heavy atom. The Bertz CT molecular complexity index is 388. The van der Waals surface area contributed by atoms with Crippen LogP contribution in [0.15, 0.2) is 24.3 Å². The van der Waals surface area contributed by atoms with E-state index in [0.717, 1.165) is 12.1 Å². The van der Waals surface area contributed by atoms with Crippen molar-refractivity contribution in [2.75, 3.05) is 5.32 Å². The number of nitrogens with one attached hydrogen (secondary N) is 1. The van der Waals surface area contributed by atoms with Gasteiger partial charge in [0.2, 0.25) is 0 Å². The fourth-order valence-electron chi connectivity index (χ4n) is 2.25. The van der Waals surface area contributed by atoms with Gasteiger partial charge in [-0.1, -0.05) is 75.9 Å². The first kappa shape index (κ1) is 23.4. The fourth-order valence-corrected chi connectivity index (χ4v) is 2.48. The van der Waals surface area contributed by atoms with Crippen molar-refractivity contribution in [1.82, 2.24) is 0 Å². The van der Waals surface area contributed by atoms with E-state index < -0.39 is 0 Å². The molecule has 0 aliphatic heterocycles. The molecule has 0 aromatic heterocycles. The van der Waals surface area contributed by atoms with Crippen LogP contribution in [-0.2, 0) is 27.5 Å². The monoisotopic (exact) mass is 411 g/mol. The predicted molar refractivity (Wildman–Crippen MR) is 97.0 cm³/mol. The molecule has 0 fully saturated rings. The van der Waals surface area contributed by atoms with E-state index >= 15 is 0 Å². The molecule has 21 heavy (non-hydrogen) atoms. The number of thiol groups is 1. The zero-order chi connectivity index (χ0) is 13.9. The third-order valence-electron chi connectivity index (χ3n) is 3.31. The number of hydrogen-bond acceptors (Lipinski definition) is 1. The second-order valence-corrected chi connectivity index (χ2v) is 6.12. The first-order chi connectivity index (χ1) is 9.24. The van der Waals surface area contributed by atoms with Gasteiger partial charge < -0.3 is 10.8 Å². The van der Waals surface area contributed by atoms with E-state index in [-0.39, 0.29) is 26.5 Å². The molecule has 0 aliphatic carbocycles. The number of benzene rings is 1. The number of thiocarbonyl (C=S) groups is 1. The van der Waals surface area contributed by atoms with Gasteiger partial charge in [0.25, 0.3) is 0 Å². The smallest absolute Gasteiger partial charge is 0.135 e. The van der Waals surface area contributed by atoms with Crippen molar-refractivity contribution in [2.24, 2.45) is 0 Å². The maximum atomic E-state index is 4.98. The third-order valence-corrected chi connectivity index (χ3v) is 3.52. The standard InChI is InChI=1S/C16H25NS2.Mo.H2O/c1-2-3-4-5-6-7-8-11-14-12-9-10-13-15(14)17-16(18)19;;/h9-10,12-13H,2-8,11H2,1H3,(H2,17,18,19);;1H2. The molecule has 2 nitrogen and oxygen atoms in total. The zero-order valence-electron chi connectivity index (χ0n) is 12.7. The molecule has 0 atom stereocenters. The van der Waals surface area contributed by atoms with Crippen molar-refractivity contribution in [1.29, 1.82) is 0 Å². The molecule has 0 saturated carbocycles. The van der Waals surface area contributed by atoms with Crippen LogP contribution in [0.2, 0.25) is 0 Å². The summed E-state index contributed by atoms with van der Waals surface area (Å²) in [6.45, 7) is 2.26. The van der Waals surface area contributed by atoms with Gasteiger partial charge in [0.15, 0.2) is 0 Å². The number of hydrogen-bond donors (Lipinski definition) is 2. The number of unbranched alkanes of at least 4 members (excludes halogenated alkanes) is 6. The van der Waals surface area contributed by atoms with Crippen LogP contribution in [0.1, 0.15) is 57.4 Å². The molecule has 1 aromatic carbocycles. The second-order valence-electron chi connectivity index (χ2n) is 4.96. The normalized spacial score (nSPS) is 9.43. The van der Waals surface area contributed by atoms with E-state index in [4.69, 9.17) is 12.2 Å². The van der Waals surface area contributed by atoms with E-state index in [9.17, 15) is 0 Å². The van der Waals surface area contributed by atoms with E-state index in [2.05, 4.69) is 43.1 Å². The Balaban J connectivity index is 0. The Morgan fingerprint density at radius 3 is 2.24 bits per heavy atom. The minimum Gasteiger partial charge on any atom is -0.412 e. The molecule has 0 aliphatic rings. The van der Waals surface area contributed by atoms with Crippen molar-refractivity contribution >= 4 is 34.9 Å². The molecule has 0 heterocycles. The van der Waals surface area contributed by atoms with Crippen LogP contribution in [0.3, 0.4) is 0 Å². The third kappa shape index (κ3) is 11.3. The molecule has 0 saturated heterocycles. The van der Waals surface area contributed by atoms with Gasteiger partial charge in [0.1, 0.15) is 4.32 Å². The maximum absolute atomic E-state index is 4.98. The summed E-state index contributed by atoms with van der Waals surface area (Å²) in [6, 6.07) is 8.36. The number of anilines is 1. The van der Waals surface area contributed by atoms with Crippen molar-refractivity contribution in [2.45, 2.75) is 58.3 Å². The SMILES string of the molecule is CCCCCCCCCc1ccccc1NC(=S)S.O.[Mo]. The van der Waals surface area contributed by atoms with E-state index in [1.54, 1.807) is 0 Å². The van der Waals surface area contributed by atoms with Crippen LogP contribution in [0.4, 0.5) is 5.69 Å². The molecule has 1 rings (SSSR count). The molecule has 0 amide bonds. The summed E-state index contributed by atoms with van der Waals surface area (Å²) in [5, 5.41) is 3.14. The fraction of sp³-hybridized carbons (Fsp3) is 0.562. The topological polar surface area (TPSA) is 43.5 Å². The Labute approximate surface area is 154 Å². The summed E-state index contributed by atoms with van der Waals surface area (Å²) in [4.78, 5) is 0. The molecule has 0 radical (unpaired) electrons. The molecule has 120 valence electrons. The van der Waals surface area contributed by atoms with Gasteiger partial charge in [-0.05, 0) is 24.5 Å². The molecule has 0 unspecified atom stereocenters. The molecule has 0 spiro atoms. The number of rotatable bonds is 9. The van der Waals surface area contributed by atoms with Crippen molar-refractivity contribution in [3.63, 3.8) is 0 Å². The van der Waals surface area contributed by atoms with Gasteiger partial charge in [-0.2, -0.15) is 0 Å². The summed E-state index contributed by atoms with van der Waals surface area (Å²) in [7, 11) is 0. The summed E-state index contributed by atoms with van der Waals surface area (Å²) in [5.41, 5.74) is 2.45. The van der Waals surface area contributed by atoms with Crippen LogP contribution in [-0.4, -0.2) is 9.80 Å². The van der Waals surface area contributed by atoms with Crippen LogP contribution < -0.4 is 5.32 Å². The quantitative estimate of drug-likeness (QED) is 0.267. The van der Waals surface area contributed by atoms with Gasteiger partial charge >= 0.3 is 0 Å². The van der Waals surface area contributed by atoms with Crippen molar-refractivity contribution in [3.05, 3.63) is 29.8 Å². The summed E-state index contributed by atoms with van der Waals surface area (Å²) < 4.78 is 0.534. The van der Waals surface area contributed by atoms with Crippen molar-refractivity contribution in [3.8, 4) is 0 Å². The first-order valence-electron chi connectivity index (χ1n) is 7.32. The molecule has 1 aromatic rings. The molecule has 5 heteroatoms. The van der Waals surface area contributed by atoms with Gasteiger partial charge in [-0.3, -0.25) is 0 Å². The first-order valence-corrected chi connectivity index (χ1v) is 8.17. The van der Waals surface area contributed by atoms with Gasteiger partial charge in [0.05, 0.1) is 0 Å². The number of para-hydroxylation sites is 1. The van der Waals surface area contributed by atoms with Crippen LogP contribution >= 0.6 is 24.8 Å². The van der Waals surface area contributed by atoms with Gasteiger partial charge in [0, 0.05) is 26.8 Å². The second kappa shape index (κ2) is 15.0. The largest absolute Gasteiger partial charge is 0.412 e. The van der Waals surface area contributed by atoms with E-state index in [1.807, 2.05) is 6.07 Å². The van der Waals surface area contributed by atoms with Crippen LogP contribution in [0, 0.1) is 0 Å². The number of aryl methyl sites for hydroxylation is 1. The van der Waals surface area contributed by atoms with E-state index in [1.165, 1.54) is 50.5 Å². The molecular formula is C16H27MoNOS2. The average molecular weight is 409 g/mol. The predicted octanol–water partition coefficient (Wildman–Crippen LogP) is 4.78. The summed E-state index contributed by atoms with van der Waals surface area (Å²) >= 11 is 9.12. The molecule has 3 N–H and O–H groups in total. The zero-order valence-corrected chi connectivity index (χ0v) is 16.4. The van der Waals surface area contributed by atoms with Gasteiger partial charge in [-0.25, -0.2) is 0 Å². The Kier molecular flexibility index (Phi) is 16.7. The molecule has 0 bridgehead atoms. The Morgan fingerprint density at radius 1 is 1.05 bits per heavy atom. The maximum Gasteiger partial charge on any atom is 0.135 e. The minimum absolute atomic E-state index is 0. The average Bonchev–Trinajstić information content (AvgIpc) is 2.39. The summed E-state index contributed by atoms with van der Waals surface area (Å²) in [6.07, 6.45) is 10.5. The van der Waals surface area contributed by atoms with Crippen LogP contribution in [0.5, 0.6) is 0 Å². The van der Waals surface area contributed by atoms with Crippen LogP contribution in [0.25, 0.3) is 0 Å². The van der Waals surface area contributed by atoms with E-state index in [0.29, 0.717) is 4.32 Å². The van der Waals surface area contributed by atoms with Gasteiger partial charge in [-0.15, -0.1) is 12.6 Å².